The molecule has 0 saturated heterocycles. The minimum atomic E-state index is 1.13. The average molecular weight is 827 g/mol. The molecule has 0 saturated carbocycles. The summed E-state index contributed by atoms with van der Waals surface area (Å²) in [6.07, 6.45) is 0. The second-order valence-corrected chi connectivity index (χ2v) is 15.6. The fourth-order valence-electron chi connectivity index (χ4n) is 8.15. The third kappa shape index (κ3) is 9.28. The number of para-hydroxylation sites is 4. The molecule has 0 aromatic heterocycles. The Bertz CT molecular complexity index is 2890. The Morgan fingerprint density at radius 2 is 0.516 bits per heavy atom. The zero-order valence-corrected chi connectivity index (χ0v) is 36.2. The molecule has 310 valence electrons. The van der Waals surface area contributed by atoms with Gasteiger partial charge in [0, 0.05) is 76.4 Å². The number of nitrogens with zero attached hydrogens (tertiary/aromatic N) is 4. The predicted octanol–water partition coefficient (Wildman–Crippen LogP) is 16.7. The molecule has 4 heteroatoms. The molecular formula is C60H50N4. The van der Waals surface area contributed by atoms with Crippen LogP contribution in [0.3, 0.4) is 0 Å². The highest BCUT2D eigenvalue weighted by atomic mass is 15.2. The molecule has 0 aliphatic rings. The van der Waals surface area contributed by atoms with E-state index in [1.807, 2.05) is 18.2 Å². The van der Waals surface area contributed by atoms with E-state index in [-0.39, 0.29) is 0 Å². The quantitative estimate of drug-likeness (QED) is 0.129. The second kappa shape index (κ2) is 19.6. The van der Waals surface area contributed by atoms with Crippen molar-refractivity contribution in [3.63, 3.8) is 0 Å². The molecule has 0 aliphatic carbocycles. The lowest BCUT2D eigenvalue weighted by molar-refractivity contribution is 1.20. The lowest BCUT2D eigenvalue weighted by Gasteiger charge is -2.27. The maximum atomic E-state index is 2.28. The molecule has 0 radical (unpaired) electrons. The minimum Gasteiger partial charge on any atom is -0.345 e. The van der Waals surface area contributed by atoms with Crippen molar-refractivity contribution in [3.8, 4) is 11.1 Å². The molecule has 0 spiro atoms. The molecule has 0 N–H and O–H groups in total. The molecule has 0 heterocycles. The third-order valence-electron chi connectivity index (χ3n) is 11.5. The second-order valence-electron chi connectivity index (χ2n) is 15.6. The van der Waals surface area contributed by atoms with Crippen LogP contribution < -0.4 is 19.6 Å². The molecule has 0 bridgehead atoms. The molecule has 10 rings (SSSR count). The summed E-state index contributed by atoms with van der Waals surface area (Å²) in [5.41, 5.74) is 13.9. The Labute approximate surface area is 377 Å². The van der Waals surface area contributed by atoms with E-state index < -0.39 is 0 Å². The van der Waals surface area contributed by atoms with E-state index in [0.29, 0.717) is 0 Å². The van der Waals surface area contributed by atoms with Gasteiger partial charge in [0.2, 0.25) is 0 Å². The summed E-state index contributed by atoms with van der Waals surface area (Å²) in [5.74, 6) is 0. The molecule has 0 fully saturated rings. The Kier molecular flexibility index (Phi) is 12.6. The SMILES string of the molecule is CN(c1ccc(-c2ccccc2)cc1)c1ccc(N(c2ccccc2)c2ccccc2)cc1.CN(c1ccc(N(c2ccccc2)c2ccccc2)cc1)c1cccc2ccccc12. The van der Waals surface area contributed by atoms with Crippen LogP contribution in [0.1, 0.15) is 0 Å². The molecule has 0 atom stereocenters. The Hall–Kier alpha value is -8.34. The number of benzene rings is 10. The van der Waals surface area contributed by atoms with E-state index in [9.17, 15) is 0 Å². The summed E-state index contributed by atoms with van der Waals surface area (Å²) in [6, 6.07) is 93.6. The Balaban J connectivity index is 0.000000162. The number of hydrogen-bond donors (Lipinski definition) is 0. The topological polar surface area (TPSA) is 13.0 Å². The first-order valence-corrected chi connectivity index (χ1v) is 21.7. The van der Waals surface area contributed by atoms with E-state index in [4.69, 9.17) is 0 Å². The van der Waals surface area contributed by atoms with Gasteiger partial charge in [-0.1, -0.05) is 152 Å². The van der Waals surface area contributed by atoms with Crippen molar-refractivity contribution in [2.24, 2.45) is 0 Å². The highest BCUT2D eigenvalue weighted by Crippen LogP contribution is 2.38. The van der Waals surface area contributed by atoms with Crippen molar-refractivity contribution in [2.45, 2.75) is 0 Å². The first-order chi connectivity index (χ1) is 31.6. The molecular weight excluding hydrogens is 777 g/mol. The van der Waals surface area contributed by atoms with Gasteiger partial charge in [-0.25, -0.2) is 0 Å². The van der Waals surface area contributed by atoms with Gasteiger partial charge in [0.15, 0.2) is 0 Å². The van der Waals surface area contributed by atoms with Gasteiger partial charge in [-0.3, -0.25) is 0 Å². The van der Waals surface area contributed by atoms with Crippen molar-refractivity contribution in [2.75, 3.05) is 33.7 Å². The molecule has 0 amide bonds. The number of hydrogen-bond acceptors (Lipinski definition) is 4. The monoisotopic (exact) mass is 826 g/mol. The van der Waals surface area contributed by atoms with Crippen molar-refractivity contribution in [1.29, 1.82) is 0 Å². The molecule has 10 aromatic carbocycles. The summed E-state index contributed by atoms with van der Waals surface area (Å²) in [4.78, 5) is 9.02. The van der Waals surface area contributed by atoms with Gasteiger partial charge >= 0.3 is 0 Å². The summed E-state index contributed by atoms with van der Waals surface area (Å²) < 4.78 is 0. The van der Waals surface area contributed by atoms with Gasteiger partial charge in [0.1, 0.15) is 0 Å². The van der Waals surface area contributed by atoms with Crippen LogP contribution in [0.15, 0.2) is 267 Å². The number of fused-ring (bicyclic) bond motifs is 1. The van der Waals surface area contributed by atoms with Crippen molar-refractivity contribution in [1.82, 2.24) is 0 Å². The van der Waals surface area contributed by atoms with Crippen molar-refractivity contribution >= 4 is 67.6 Å². The molecule has 0 aliphatic heterocycles. The standard InChI is InChI=1S/C31H26N2.C29H24N2/c1-32(27-19-17-26(18-20-27)25-11-5-2-6-12-25)28-21-23-31(24-22-28)33(29-13-7-3-8-14-29)30-15-9-4-10-16-30;1-30(29-18-10-12-23-11-8-9-17-28(23)29)24-19-21-27(22-20-24)31(25-13-4-2-5-14-25)26-15-6-3-7-16-26/h2-24H,1H3;2-22H,1H3. The molecule has 64 heavy (non-hydrogen) atoms. The lowest BCUT2D eigenvalue weighted by Crippen LogP contribution is -2.12. The van der Waals surface area contributed by atoms with E-state index >= 15 is 0 Å². The summed E-state index contributed by atoms with van der Waals surface area (Å²) in [7, 11) is 4.24. The maximum Gasteiger partial charge on any atom is 0.0487 e. The molecule has 4 nitrogen and oxygen atoms in total. The van der Waals surface area contributed by atoms with Crippen LogP contribution in [-0.2, 0) is 0 Å². The first kappa shape index (κ1) is 41.0. The lowest BCUT2D eigenvalue weighted by atomic mass is 10.1. The van der Waals surface area contributed by atoms with Gasteiger partial charge in [0.05, 0.1) is 0 Å². The fraction of sp³-hybridized carbons (Fsp3) is 0.0333. The zero-order valence-electron chi connectivity index (χ0n) is 36.2. The van der Waals surface area contributed by atoms with Crippen LogP contribution in [0.4, 0.5) is 56.9 Å². The summed E-state index contributed by atoms with van der Waals surface area (Å²) in [6.45, 7) is 0. The van der Waals surface area contributed by atoms with Crippen molar-refractivity contribution < 1.29 is 0 Å². The number of anilines is 10. The van der Waals surface area contributed by atoms with Crippen molar-refractivity contribution in [3.05, 3.63) is 267 Å². The zero-order chi connectivity index (χ0) is 43.5. The third-order valence-corrected chi connectivity index (χ3v) is 11.5. The van der Waals surface area contributed by atoms with E-state index in [1.54, 1.807) is 0 Å². The van der Waals surface area contributed by atoms with Crippen LogP contribution in [0.5, 0.6) is 0 Å². The minimum absolute atomic E-state index is 1.13. The van der Waals surface area contributed by atoms with Crippen LogP contribution in [0.2, 0.25) is 0 Å². The van der Waals surface area contributed by atoms with Crippen LogP contribution in [0.25, 0.3) is 21.9 Å². The van der Waals surface area contributed by atoms with Gasteiger partial charge < -0.3 is 19.6 Å². The van der Waals surface area contributed by atoms with Gasteiger partial charge in [-0.2, -0.15) is 0 Å². The van der Waals surface area contributed by atoms with Crippen LogP contribution in [-0.4, -0.2) is 14.1 Å². The smallest absolute Gasteiger partial charge is 0.0487 e. The predicted molar refractivity (Wildman–Crippen MR) is 274 cm³/mol. The normalized spacial score (nSPS) is 10.7. The highest BCUT2D eigenvalue weighted by molar-refractivity contribution is 5.96. The van der Waals surface area contributed by atoms with E-state index in [0.717, 1.165) is 51.2 Å². The van der Waals surface area contributed by atoms with E-state index in [2.05, 4.69) is 282 Å². The Morgan fingerprint density at radius 1 is 0.219 bits per heavy atom. The average Bonchev–Trinajstić information content (AvgIpc) is 3.38. The fourth-order valence-corrected chi connectivity index (χ4v) is 8.15. The van der Waals surface area contributed by atoms with Crippen LogP contribution >= 0.6 is 0 Å². The highest BCUT2D eigenvalue weighted by Gasteiger charge is 2.15. The Morgan fingerprint density at radius 3 is 0.953 bits per heavy atom. The molecule has 0 unspecified atom stereocenters. The summed E-state index contributed by atoms with van der Waals surface area (Å²) in [5, 5.41) is 2.51. The van der Waals surface area contributed by atoms with Gasteiger partial charge in [0.25, 0.3) is 0 Å². The first-order valence-electron chi connectivity index (χ1n) is 21.7. The van der Waals surface area contributed by atoms with Gasteiger partial charge in [-0.05, 0) is 132 Å². The van der Waals surface area contributed by atoms with Gasteiger partial charge in [-0.15, -0.1) is 0 Å². The summed E-state index contributed by atoms with van der Waals surface area (Å²) >= 11 is 0. The molecule has 10 aromatic rings. The number of rotatable bonds is 11. The van der Waals surface area contributed by atoms with Crippen LogP contribution in [0, 0.1) is 0 Å². The maximum absolute atomic E-state index is 2.28. The van der Waals surface area contributed by atoms with E-state index in [1.165, 1.54) is 27.6 Å². The largest absolute Gasteiger partial charge is 0.345 e.